The maximum absolute atomic E-state index is 11.6. The summed E-state index contributed by atoms with van der Waals surface area (Å²) in [5, 5.41) is 6.08. The van der Waals surface area contributed by atoms with E-state index >= 15 is 0 Å². The maximum atomic E-state index is 11.6. The number of rotatable bonds is 5. The molecule has 0 saturated heterocycles. The van der Waals surface area contributed by atoms with Gasteiger partial charge in [0.05, 0.1) is 0 Å². The molecular weight excluding hydrogens is 212 g/mol. The second kappa shape index (κ2) is 6.40. The molecule has 0 aliphatic carbocycles. The lowest BCUT2D eigenvalue weighted by Crippen LogP contribution is -2.14. The highest BCUT2D eigenvalue weighted by atomic mass is 16.1. The Morgan fingerprint density at radius 1 is 1.18 bits per heavy atom. The van der Waals surface area contributed by atoms with Gasteiger partial charge >= 0.3 is 0 Å². The largest absolute Gasteiger partial charge is 0.326 e. The molecule has 3 nitrogen and oxygen atoms in total. The van der Waals surface area contributed by atoms with E-state index in [-0.39, 0.29) is 5.91 Å². The molecule has 0 aliphatic rings. The lowest BCUT2D eigenvalue weighted by atomic mass is 10.1. The van der Waals surface area contributed by atoms with Gasteiger partial charge < -0.3 is 10.6 Å². The van der Waals surface area contributed by atoms with Gasteiger partial charge in [-0.1, -0.05) is 26.0 Å². The molecule has 3 heteroatoms. The van der Waals surface area contributed by atoms with E-state index < -0.39 is 0 Å². The fourth-order valence-corrected chi connectivity index (χ4v) is 1.60. The summed E-state index contributed by atoms with van der Waals surface area (Å²) in [5.74, 6) is 0.466. The monoisotopic (exact) mass is 234 g/mol. The number of hydrogen-bond donors (Lipinski definition) is 2. The Kier molecular flexibility index (Phi) is 5.16. The summed E-state index contributed by atoms with van der Waals surface area (Å²) in [7, 11) is 1.93. The Balaban J connectivity index is 2.59. The molecule has 0 heterocycles. The van der Waals surface area contributed by atoms with Crippen LogP contribution in [0.25, 0.3) is 0 Å². The van der Waals surface area contributed by atoms with E-state index in [9.17, 15) is 4.79 Å². The molecule has 1 rings (SSSR count). The van der Waals surface area contributed by atoms with Crippen molar-refractivity contribution >= 4 is 11.6 Å². The number of benzene rings is 1. The number of nitrogens with one attached hydrogen (secondary N) is 2. The van der Waals surface area contributed by atoms with E-state index in [0.717, 1.165) is 5.69 Å². The van der Waals surface area contributed by atoms with Gasteiger partial charge in [0.25, 0.3) is 0 Å². The van der Waals surface area contributed by atoms with E-state index in [4.69, 9.17) is 0 Å². The van der Waals surface area contributed by atoms with Crippen LogP contribution in [0.4, 0.5) is 5.69 Å². The zero-order valence-electron chi connectivity index (χ0n) is 11.1. The van der Waals surface area contributed by atoms with Crippen LogP contribution < -0.4 is 10.6 Å². The van der Waals surface area contributed by atoms with Gasteiger partial charge in [-0.3, -0.25) is 4.79 Å². The van der Waals surface area contributed by atoms with Crippen molar-refractivity contribution in [2.24, 2.45) is 5.92 Å². The molecule has 0 fully saturated rings. The number of hydrogen-bond acceptors (Lipinski definition) is 2. The van der Waals surface area contributed by atoms with Crippen molar-refractivity contribution in [3.63, 3.8) is 0 Å². The first kappa shape index (κ1) is 13.7. The first-order chi connectivity index (χ1) is 8.02. The Morgan fingerprint density at radius 2 is 1.76 bits per heavy atom. The number of anilines is 1. The Labute approximate surface area is 104 Å². The fourth-order valence-electron chi connectivity index (χ4n) is 1.60. The molecule has 0 saturated carbocycles. The van der Waals surface area contributed by atoms with Gasteiger partial charge in [0.1, 0.15) is 0 Å². The van der Waals surface area contributed by atoms with Crippen LogP contribution in [0, 0.1) is 5.92 Å². The van der Waals surface area contributed by atoms with Gasteiger partial charge in [-0.05, 0) is 37.6 Å². The number of carbonyl (C=O) groups is 1. The third kappa shape index (κ3) is 4.57. The van der Waals surface area contributed by atoms with Gasteiger partial charge in [-0.2, -0.15) is 0 Å². The van der Waals surface area contributed by atoms with Crippen LogP contribution in [0.15, 0.2) is 24.3 Å². The molecule has 0 bridgehead atoms. The topological polar surface area (TPSA) is 41.1 Å². The van der Waals surface area contributed by atoms with Gasteiger partial charge in [0.15, 0.2) is 0 Å². The third-order valence-electron chi connectivity index (χ3n) is 2.72. The van der Waals surface area contributed by atoms with Gasteiger partial charge in [-0.15, -0.1) is 0 Å². The van der Waals surface area contributed by atoms with Crippen LogP contribution in [-0.2, 0) is 4.79 Å². The summed E-state index contributed by atoms with van der Waals surface area (Å²) in [6.07, 6.45) is 0.564. The van der Waals surface area contributed by atoms with Crippen LogP contribution in [0.5, 0.6) is 0 Å². The molecule has 0 aromatic heterocycles. The molecule has 2 N–H and O–H groups in total. The summed E-state index contributed by atoms with van der Waals surface area (Å²) in [6, 6.07) is 8.29. The minimum absolute atomic E-state index is 0.0782. The van der Waals surface area contributed by atoms with E-state index in [1.54, 1.807) is 0 Å². The standard InChI is InChI=1S/C14H22N2O/c1-10(2)9-14(17)16-13-7-5-12(6-8-13)11(3)15-4/h5-8,10-11,15H,9H2,1-4H3,(H,16,17). The first-order valence-electron chi connectivity index (χ1n) is 6.10. The molecule has 1 atom stereocenters. The second-order valence-corrected chi connectivity index (χ2v) is 4.78. The molecule has 0 radical (unpaired) electrons. The highest BCUT2D eigenvalue weighted by molar-refractivity contribution is 5.90. The van der Waals surface area contributed by atoms with Crippen molar-refractivity contribution < 1.29 is 4.79 Å². The van der Waals surface area contributed by atoms with Crippen molar-refractivity contribution in [1.82, 2.24) is 5.32 Å². The molecule has 0 aliphatic heterocycles. The lowest BCUT2D eigenvalue weighted by Gasteiger charge is -2.12. The first-order valence-corrected chi connectivity index (χ1v) is 6.10. The Bertz CT molecular complexity index is 357. The summed E-state index contributed by atoms with van der Waals surface area (Å²) in [6.45, 7) is 6.18. The third-order valence-corrected chi connectivity index (χ3v) is 2.72. The predicted octanol–water partition coefficient (Wildman–Crippen LogP) is 2.95. The quantitative estimate of drug-likeness (QED) is 0.822. The molecule has 1 unspecified atom stereocenters. The normalized spacial score (nSPS) is 12.5. The second-order valence-electron chi connectivity index (χ2n) is 4.78. The molecule has 0 spiro atoms. The molecule has 1 amide bonds. The SMILES string of the molecule is CNC(C)c1ccc(NC(=O)CC(C)C)cc1. The van der Waals surface area contributed by atoms with Gasteiger partial charge in [-0.25, -0.2) is 0 Å². The Hall–Kier alpha value is -1.35. The fraction of sp³-hybridized carbons (Fsp3) is 0.500. The van der Waals surface area contributed by atoms with Crippen LogP contribution in [-0.4, -0.2) is 13.0 Å². The summed E-state index contributed by atoms with van der Waals surface area (Å²) in [5.41, 5.74) is 2.08. The zero-order chi connectivity index (χ0) is 12.8. The molecule has 1 aromatic carbocycles. The summed E-state index contributed by atoms with van der Waals surface area (Å²) in [4.78, 5) is 11.6. The van der Waals surface area contributed by atoms with Crippen molar-refractivity contribution in [3.8, 4) is 0 Å². The highest BCUT2D eigenvalue weighted by Gasteiger charge is 2.06. The predicted molar refractivity (Wildman–Crippen MR) is 72.0 cm³/mol. The van der Waals surface area contributed by atoms with Crippen LogP contribution in [0.2, 0.25) is 0 Å². The average Bonchev–Trinajstić information content (AvgIpc) is 2.28. The molecule has 17 heavy (non-hydrogen) atoms. The molecular formula is C14H22N2O. The molecule has 1 aromatic rings. The lowest BCUT2D eigenvalue weighted by molar-refractivity contribution is -0.116. The van der Waals surface area contributed by atoms with E-state index in [1.165, 1.54) is 5.56 Å². The zero-order valence-corrected chi connectivity index (χ0v) is 11.1. The maximum Gasteiger partial charge on any atom is 0.224 e. The van der Waals surface area contributed by atoms with E-state index in [2.05, 4.69) is 17.6 Å². The average molecular weight is 234 g/mol. The van der Waals surface area contributed by atoms with Crippen LogP contribution in [0.3, 0.4) is 0 Å². The smallest absolute Gasteiger partial charge is 0.224 e. The van der Waals surface area contributed by atoms with Crippen molar-refractivity contribution in [2.45, 2.75) is 33.2 Å². The van der Waals surface area contributed by atoms with Crippen molar-refractivity contribution in [3.05, 3.63) is 29.8 Å². The van der Waals surface area contributed by atoms with Crippen molar-refractivity contribution in [2.75, 3.05) is 12.4 Å². The van der Waals surface area contributed by atoms with Crippen LogP contribution in [0.1, 0.15) is 38.8 Å². The highest BCUT2D eigenvalue weighted by Crippen LogP contribution is 2.16. The van der Waals surface area contributed by atoms with Crippen LogP contribution >= 0.6 is 0 Å². The minimum Gasteiger partial charge on any atom is -0.326 e. The van der Waals surface area contributed by atoms with E-state index in [0.29, 0.717) is 18.4 Å². The summed E-state index contributed by atoms with van der Waals surface area (Å²) < 4.78 is 0. The Morgan fingerprint density at radius 3 is 2.24 bits per heavy atom. The number of carbonyl (C=O) groups excluding carboxylic acids is 1. The number of amides is 1. The summed E-state index contributed by atoms with van der Waals surface area (Å²) >= 11 is 0. The minimum atomic E-state index is 0.0782. The van der Waals surface area contributed by atoms with Gasteiger partial charge in [0.2, 0.25) is 5.91 Å². The molecule has 94 valence electrons. The van der Waals surface area contributed by atoms with Crippen molar-refractivity contribution in [1.29, 1.82) is 0 Å². The van der Waals surface area contributed by atoms with E-state index in [1.807, 2.05) is 45.2 Å². The van der Waals surface area contributed by atoms with Gasteiger partial charge in [0, 0.05) is 18.2 Å².